The second-order valence-electron chi connectivity index (χ2n) is 7.09. The number of aryl methyl sites for hydroxylation is 2. The molecule has 1 aliphatic rings. The molecule has 1 aromatic carbocycles. The third-order valence-corrected chi connectivity index (χ3v) is 6.36. The van der Waals surface area contributed by atoms with E-state index in [2.05, 4.69) is 5.32 Å². The highest BCUT2D eigenvalue weighted by Gasteiger charge is 2.23. The minimum atomic E-state index is -0.325. The van der Waals surface area contributed by atoms with Crippen LogP contribution in [-0.4, -0.2) is 21.2 Å². The molecule has 2 aromatic heterocycles. The van der Waals surface area contributed by atoms with Crippen LogP contribution in [0.1, 0.15) is 57.6 Å². The number of nitrogens with one attached hydrogen (secondary N) is 1. The van der Waals surface area contributed by atoms with Crippen LogP contribution in [0, 0.1) is 6.92 Å². The van der Waals surface area contributed by atoms with Crippen molar-refractivity contribution < 1.29 is 9.59 Å². The fourth-order valence-electron chi connectivity index (χ4n) is 3.70. The lowest BCUT2D eigenvalue weighted by Crippen LogP contribution is -2.24. The number of hydrogen-bond donors (Lipinski definition) is 1. The van der Waals surface area contributed by atoms with Gasteiger partial charge in [0.1, 0.15) is 10.7 Å². The van der Waals surface area contributed by atoms with Gasteiger partial charge in [0.15, 0.2) is 5.78 Å². The molecule has 1 aliphatic heterocycles. The molecule has 7 heteroatoms. The van der Waals surface area contributed by atoms with Crippen LogP contribution in [0.4, 0.5) is 5.69 Å². The molecule has 4 rings (SSSR count). The van der Waals surface area contributed by atoms with Crippen LogP contribution in [0.5, 0.6) is 0 Å². The van der Waals surface area contributed by atoms with E-state index in [0.29, 0.717) is 38.5 Å². The Morgan fingerprint density at radius 3 is 2.75 bits per heavy atom. The molecule has 0 aliphatic carbocycles. The van der Waals surface area contributed by atoms with Gasteiger partial charge in [0.05, 0.1) is 16.0 Å². The first-order valence-electron chi connectivity index (χ1n) is 9.41. The molecule has 0 unspecified atom stereocenters. The number of anilines is 1. The summed E-state index contributed by atoms with van der Waals surface area (Å²) in [5.41, 5.74) is 1.52. The zero-order valence-electron chi connectivity index (χ0n) is 15.9. The number of amides is 1. The fourth-order valence-corrected chi connectivity index (χ4v) is 4.79. The first kappa shape index (κ1) is 18.6. The summed E-state index contributed by atoms with van der Waals surface area (Å²) in [6, 6.07) is 6.91. The number of para-hydroxylation sites is 1. The molecule has 0 atom stereocenters. The van der Waals surface area contributed by atoms with Crippen LogP contribution in [0.15, 0.2) is 29.1 Å². The van der Waals surface area contributed by atoms with Gasteiger partial charge in [-0.15, -0.1) is 11.3 Å². The van der Waals surface area contributed by atoms with Crippen molar-refractivity contribution in [3.63, 3.8) is 0 Å². The quantitative estimate of drug-likeness (QED) is 0.681. The van der Waals surface area contributed by atoms with Crippen molar-refractivity contribution in [3.05, 3.63) is 56.4 Å². The summed E-state index contributed by atoms with van der Waals surface area (Å²) in [5.74, 6) is 0.367. The van der Waals surface area contributed by atoms with Gasteiger partial charge in [-0.2, -0.15) is 0 Å². The van der Waals surface area contributed by atoms with Gasteiger partial charge in [0.25, 0.3) is 11.5 Å². The van der Waals surface area contributed by atoms with Crippen LogP contribution < -0.4 is 10.9 Å². The Balaban J connectivity index is 1.77. The topological polar surface area (TPSA) is 81.1 Å². The average molecular weight is 395 g/mol. The first-order valence-corrected chi connectivity index (χ1v) is 10.2. The van der Waals surface area contributed by atoms with Crippen LogP contribution >= 0.6 is 11.3 Å². The lowest BCUT2D eigenvalue weighted by molar-refractivity contribution is 0.101. The number of ketones is 1. The molecular formula is C21H21N3O3S. The van der Waals surface area contributed by atoms with E-state index in [1.165, 1.54) is 18.3 Å². The Morgan fingerprint density at radius 2 is 1.96 bits per heavy atom. The monoisotopic (exact) mass is 395 g/mol. The Labute approximate surface area is 166 Å². The van der Waals surface area contributed by atoms with Crippen molar-refractivity contribution in [2.75, 3.05) is 5.32 Å². The highest BCUT2D eigenvalue weighted by atomic mass is 32.1. The predicted molar refractivity (Wildman–Crippen MR) is 111 cm³/mol. The molecule has 0 spiro atoms. The van der Waals surface area contributed by atoms with Crippen molar-refractivity contribution in [3.8, 4) is 0 Å². The zero-order valence-corrected chi connectivity index (χ0v) is 16.7. The molecule has 0 radical (unpaired) electrons. The lowest BCUT2D eigenvalue weighted by Gasteiger charge is -2.08. The third kappa shape index (κ3) is 3.16. The van der Waals surface area contributed by atoms with E-state index in [4.69, 9.17) is 4.98 Å². The summed E-state index contributed by atoms with van der Waals surface area (Å²) in [6.07, 6.45) is 3.88. The predicted octanol–water partition coefficient (Wildman–Crippen LogP) is 3.95. The van der Waals surface area contributed by atoms with Gasteiger partial charge in [-0.05, 0) is 44.4 Å². The Morgan fingerprint density at radius 1 is 1.18 bits per heavy atom. The Bertz CT molecular complexity index is 1160. The van der Waals surface area contributed by atoms with E-state index in [9.17, 15) is 14.4 Å². The van der Waals surface area contributed by atoms with Gasteiger partial charge < -0.3 is 5.32 Å². The standard InChI is InChI=1S/C21H21N3O3S/c1-12-17-20(23-16-10-4-3-7-11-24(16)21(17)27)28-18(12)19(26)22-15-9-6-5-8-14(15)13(2)25/h5-6,8-9H,3-4,7,10-11H2,1-2H3,(H,22,26). The number of nitrogens with zero attached hydrogens (tertiary/aromatic N) is 2. The van der Waals surface area contributed by atoms with Crippen molar-refractivity contribution >= 4 is 38.9 Å². The SMILES string of the molecule is CC(=O)c1ccccc1NC(=O)c1sc2nc3n(c(=O)c2c1C)CCCCC3. The minimum absolute atomic E-state index is 0.0566. The van der Waals surface area contributed by atoms with E-state index in [-0.39, 0.29) is 17.2 Å². The van der Waals surface area contributed by atoms with Crippen LogP contribution in [-0.2, 0) is 13.0 Å². The van der Waals surface area contributed by atoms with Crippen LogP contribution in [0.3, 0.4) is 0 Å². The van der Waals surface area contributed by atoms with Gasteiger partial charge in [0.2, 0.25) is 0 Å². The molecule has 0 saturated carbocycles. The maximum atomic E-state index is 13.0. The molecule has 3 aromatic rings. The highest BCUT2D eigenvalue weighted by molar-refractivity contribution is 7.20. The summed E-state index contributed by atoms with van der Waals surface area (Å²) in [5, 5.41) is 3.35. The minimum Gasteiger partial charge on any atom is -0.321 e. The zero-order chi connectivity index (χ0) is 19.8. The van der Waals surface area contributed by atoms with Gasteiger partial charge in [-0.1, -0.05) is 18.6 Å². The van der Waals surface area contributed by atoms with E-state index >= 15 is 0 Å². The summed E-state index contributed by atoms with van der Waals surface area (Å²) < 4.78 is 1.77. The number of hydrogen-bond acceptors (Lipinski definition) is 5. The number of thiophene rings is 1. The van der Waals surface area contributed by atoms with E-state index < -0.39 is 0 Å². The molecule has 0 bridgehead atoms. The largest absolute Gasteiger partial charge is 0.321 e. The smallest absolute Gasteiger partial charge is 0.266 e. The van der Waals surface area contributed by atoms with E-state index in [1.54, 1.807) is 35.8 Å². The second-order valence-corrected chi connectivity index (χ2v) is 8.09. The Hall–Kier alpha value is -2.80. The molecule has 28 heavy (non-hydrogen) atoms. The third-order valence-electron chi connectivity index (χ3n) is 5.17. The number of Topliss-reactive ketones (excluding diaryl/α,β-unsaturated/α-hetero) is 1. The summed E-state index contributed by atoms with van der Waals surface area (Å²) in [7, 11) is 0. The summed E-state index contributed by atoms with van der Waals surface area (Å²) in [6.45, 7) is 3.94. The number of aromatic nitrogens is 2. The maximum absolute atomic E-state index is 13.0. The Kier molecular flexibility index (Phi) is 4.85. The molecule has 0 saturated heterocycles. The van der Waals surface area contributed by atoms with Crippen molar-refractivity contribution in [2.24, 2.45) is 0 Å². The summed E-state index contributed by atoms with van der Waals surface area (Å²) >= 11 is 1.24. The number of fused-ring (bicyclic) bond motifs is 2. The molecule has 1 amide bonds. The molecule has 6 nitrogen and oxygen atoms in total. The van der Waals surface area contributed by atoms with Crippen LogP contribution in [0.2, 0.25) is 0 Å². The lowest BCUT2D eigenvalue weighted by atomic mass is 10.1. The molecule has 0 fully saturated rings. The maximum Gasteiger partial charge on any atom is 0.266 e. The van der Waals surface area contributed by atoms with Gasteiger partial charge >= 0.3 is 0 Å². The van der Waals surface area contributed by atoms with Gasteiger partial charge in [-0.3, -0.25) is 19.0 Å². The number of benzene rings is 1. The van der Waals surface area contributed by atoms with Gasteiger partial charge in [0, 0.05) is 18.5 Å². The number of rotatable bonds is 3. The fraction of sp³-hybridized carbons (Fsp3) is 0.333. The molecule has 144 valence electrons. The molecular weight excluding hydrogens is 374 g/mol. The average Bonchev–Trinajstić information content (AvgIpc) is 2.84. The number of carbonyl (C=O) groups is 2. The number of carbonyl (C=O) groups excluding carboxylic acids is 2. The van der Waals surface area contributed by atoms with Crippen molar-refractivity contribution in [1.29, 1.82) is 0 Å². The van der Waals surface area contributed by atoms with E-state index in [0.717, 1.165) is 31.5 Å². The molecule has 1 N–H and O–H groups in total. The highest BCUT2D eigenvalue weighted by Crippen LogP contribution is 2.29. The normalized spacial score (nSPS) is 13.8. The van der Waals surface area contributed by atoms with Crippen molar-refractivity contribution in [1.82, 2.24) is 9.55 Å². The van der Waals surface area contributed by atoms with Crippen molar-refractivity contribution in [2.45, 2.75) is 46.1 Å². The first-order chi connectivity index (χ1) is 13.5. The van der Waals surface area contributed by atoms with E-state index in [1.807, 2.05) is 0 Å². The van der Waals surface area contributed by atoms with Crippen LogP contribution in [0.25, 0.3) is 10.2 Å². The summed E-state index contributed by atoms with van der Waals surface area (Å²) in [4.78, 5) is 43.5. The molecule has 3 heterocycles. The van der Waals surface area contributed by atoms with Gasteiger partial charge in [-0.25, -0.2) is 4.98 Å². The second kappa shape index (κ2) is 7.31.